The third-order valence-corrected chi connectivity index (χ3v) is 4.00. The first-order valence-electron chi connectivity index (χ1n) is 8.21. The highest BCUT2D eigenvalue weighted by atomic mass is 16.5. The Labute approximate surface area is 145 Å². The first kappa shape index (κ1) is 18.8. The molecule has 1 aliphatic rings. The molecule has 0 aliphatic carbocycles. The Kier molecular flexibility index (Phi) is 6.01. The summed E-state index contributed by atoms with van der Waals surface area (Å²) in [5.74, 6) is -1.50. The quantitative estimate of drug-likeness (QED) is 0.727. The van der Waals surface area contributed by atoms with E-state index in [9.17, 15) is 19.5 Å². The molecule has 0 spiro atoms. The number of carbonyl (C=O) groups is 3. The SMILES string of the molecule is CC(=O)O[C@@H](C)CCC[C@@H]1CC(=O)c2c(CC(=O)O)cc(O)cc2O1. The summed E-state index contributed by atoms with van der Waals surface area (Å²) < 4.78 is 10.8. The number of fused-ring (bicyclic) bond motifs is 1. The Morgan fingerprint density at radius 1 is 1.40 bits per heavy atom. The molecule has 0 saturated heterocycles. The smallest absolute Gasteiger partial charge is 0.307 e. The number of aliphatic carboxylic acids is 1. The van der Waals surface area contributed by atoms with Gasteiger partial charge >= 0.3 is 11.9 Å². The van der Waals surface area contributed by atoms with Crippen LogP contribution in [0.25, 0.3) is 0 Å². The van der Waals surface area contributed by atoms with E-state index in [0.29, 0.717) is 19.3 Å². The molecular formula is C18H22O7. The number of ketones is 1. The van der Waals surface area contributed by atoms with Gasteiger partial charge in [-0.2, -0.15) is 0 Å². The number of ether oxygens (including phenoxy) is 2. The average Bonchev–Trinajstić information content (AvgIpc) is 2.44. The molecule has 0 amide bonds. The van der Waals surface area contributed by atoms with Gasteiger partial charge in [0.05, 0.1) is 18.1 Å². The number of phenols is 1. The zero-order valence-electron chi connectivity index (χ0n) is 14.3. The van der Waals surface area contributed by atoms with Crippen molar-refractivity contribution in [3.05, 3.63) is 23.3 Å². The number of carboxylic acids is 1. The summed E-state index contributed by atoms with van der Waals surface area (Å²) in [6.45, 7) is 3.16. The Bertz CT molecular complexity index is 680. The zero-order valence-corrected chi connectivity index (χ0v) is 14.3. The molecule has 1 aromatic carbocycles. The number of Topliss-reactive ketones (excluding diaryl/α,β-unsaturated/α-hetero) is 1. The van der Waals surface area contributed by atoms with Gasteiger partial charge in [0, 0.05) is 19.4 Å². The number of carboxylic acid groups (broad SMARTS) is 1. The molecule has 0 unspecified atom stereocenters. The van der Waals surface area contributed by atoms with Gasteiger partial charge in [-0.15, -0.1) is 0 Å². The van der Waals surface area contributed by atoms with Crippen molar-refractivity contribution < 1.29 is 34.1 Å². The topological polar surface area (TPSA) is 110 Å². The van der Waals surface area contributed by atoms with E-state index in [1.165, 1.54) is 19.1 Å². The first-order chi connectivity index (χ1) is 11.8. The molecule has 2 N–H and O–H groups in total. The monoisotopic (exact) mass is 350 g/mol. The van der Waals surface area contributed by atoms with Gasteiger partial charge in [0.25, 0.3) is 0 Å². The predicted octanol–water partition coefficient (Wildman–Crippen LogP) is 2.47. The molecule has 0 aromatic heterocycles. The maximum atomic E-state index is 12.4. The van der Waals surface area contributed by atoms with E-state index >= 15 is 0 Å². The molecule has 1 aliphatic heterocycles. The van der Waals surface area contributed by atoms with Gasteiger partial charge in [-0.05, 0) is 37.8 Å². The molecule has 0 saturated carbocycles. The van der Waals surface area contributed by atoms with Crippen LogP contribution in [0, 0.1) is 0 Å². The minimum absolute atomic E-state index is 0.132. The van der Waals surface area contributed by atoms with Crippen molar-refractivity contribution >= 4 is 17.7 Å². The summed E-state index contributed by atoms with van der Waals surface area (Å²) in [6.07, 6.45) is 1.23. The van der Waals surface area contributed by atoms with E-state index in [1.807, 2.05) is 0 Å². The van der Waals surface area contributed by atoms with Crippen LogP contribution in [0.3, 0.4) is 0 Å². The number of hydrogen-bond donors (Lipinski definition) is 2. The standard InChI is InChI=1S/C18H22O7/c1-10(24-11(2)19)4-3-5-14-9-15(21)18-12(7-17(22)23)6-13(20)8-16(18)25-14/h6,8,10,14,20H,3-5,7,9H2,1-2H3,(H,22,23)/t10-,14+/m0/s1. The minimum atomic E-state index is -1.08. The van der Waals surface area contributed by atoms with Crippen LogP contribution in [0.1, 0.15) is 55.5 Å². The molecule has 0 fully saturated rings. The highest BCUT2D eigenvalue weighted by molar-refractivity contribution is 6.02. The number of carbonyl (C=O) groups excluding carboxylic acids is 2. The van der Waals surface area contributed by atoms with Crippen LogP contribution >= 0.6 is 0 Å². The van der Waals surface area contributed by atoms with Crippen LogP contribution in [0.5, 0.6) is 11.5 Å². The summed E-state index contributed by atoms with van der Waals surface area (Å²) in [6, 6.07) is 2.63. The lowest BCUT2D eigenvalue weighted by Crippen LogP contribution is -2.28. The van der Waals surface area contributed by atoms with Gasteiger partial charge in [0.15, 0.2) is 5.78 Å². The number of esters is 1. The Morgan fingerprint density at radius 3 is 2.76 bits per heavy atom. The Balaban J connectivity index is 2.03. The summed E-state index contributed by atoms with van der Waals surface area (Å²) in [4.78, 5) is 34.3. The lowest BCUT2D eigenvalue weighted by molar-refractivity contribution is -0.145. The first-order valence-corrected chi connectivity index (χ1v) is 8.21. The summed E-state index contributed by atoms with van der Waals surface area (Å²) in [7, 11) is 0. The van der Waals surface area contributed by atoms with Crippen LogP contribution in [0.15, 0.2) is 12.1 Å². The molecule has 1 heterocycles. The summed E-state index contributed by atoms with van der Waals surface area (Å²) >= 11 is 0. The molecule has 0 bridgehead atoms. The van der Waals surface area contributed by atoms with Crippen LogP contribution in [0.4, 0.5) is 0 Å². The summed E-state index contributed by atoms with van der Waals surface area (Å²) in [5, 5.41) is 18.7. The maximum Gasteiger partial charge on any atom is 0.307 e. The fourth-order valence-electron chi connectivity index (χ4n) is 3.04. The van der Waals surface area contributed by atoms with E-state index in [2.05, 4.69) is 0 Å². The Hall–Kier alpha value is -2.57. The molecule has 136 valence electrons. The van der Waals surface area contributed by atoms with Crippen LogP contribution < -0.4 is 4.74 Å². The van der Waals surface area contributed by atoms with E-state index in [-0.39, 0.29) is 59.4 Å². The van der Waals surface area contributed by atoms with Gasteiger partial charge < -0.3 is 19.7 Å². The highest BCUT2D eigenvalue weighted by Gasteiger charge is 2.30. The van der Waals surface area contributed by atoms with Gasteiger partial charge in [0.2, 0.25) is 0 Å². The van der Waals surface area contributed by atoms with Crippen molar-refractivity contribution in [3.8, 4) is 11.5 Å². The molecular weight excluding hydrogens is 328 g/mol. The van der Waals surface area contributed by atoms with Gasteiger partial charge in [-0.25, -0.2) is 0 Å². The van der Waals surface area contributed by atoms with E-state index in [1.54, 1.807) is 6.92 Å². The predicted molar refractivity (Wildman–Crippen MR) is 87.9 cm³/mol. The summed E-state index contributed by atoms with van der Waals surface area (Å²) in [5.41, 5.74) is 0.499. The van der Waals surface area contributed by atoms with Crippen LogP contribution in [-0.4, -0.2) is 40.1 Å². The molecule has 0 radical (unpaired) electrons. The number of benzene rings is 1. The van der Waals surface area contributed by atoms with Crippen molar-refractivity contribution in [2.75, 3.05) is 0 Å². The largest absolute Gasteiger partial charge is 0.508 e. The minimum Gasteiger partial charge on any atom is -0.508 e. The molecule has 7 nitrogen and oxygen atoms in total. The lowest BCUT2D eigenvalue weighted by atomic mass is 9.92. The van der Waals surface area contributed by atoms with Crippen molar-refractivity contribution in [1.82, 2.24) is 0 Å². The molecule has 2 atom stereocenters. The molecule has 25 heavy (non-hydrogen) atoms. The van der Waals surface area contributed by atoms with Crippen LogP contribution in [-0.2, 0) is 20.7 Å². The third kappa shape index (κ3) is 5.20. The number of phenolic OH excluding ortho intramolecular Hbond substituents is 1. The molecule has 1 aromatic rings. The number of hydrogen-bond acceptors (Lipinski definition) is 6. The van der Waals surface area contributed by atoms with Crippen molar-refractivity contribution in [3.63, 3.8) is 0 Å². The highest BCUT2D eigenvalue weighted by Crippen LogP contribution is 2.35. The van der Waals surface area contributed by atoms with E-state index in [4.69, 9.17) is 14.6 Å². The second-order valence-electron chi connectivity index (χ2n) is 6.27. The normalized spacial score (nSPS) is 17.4. The molecule has 7 heteroatoms. The van der Waals surface area contributed by atoms with Crippen LogP contribution in [0.2, 0.25) is 0 Å². The zero-order chi connectivity index (χ0) is 18.6. The Morgan fingerprint density at radius 2 is 2.12 bits per heavy atom. The number of aromatic hydroxyl groups is 1. The molecule has 2 rings (SSSR count). The van der Waals surface area contributed by atoms with Crippen molar-refractivity contribution in [2.45, 2.75) is 58.2 Å². The van der Waals surface area contributed by atoms with Gasteiger partial charge in [-0.1, -0.05) is 0 Å². The van der Waals surface area contributed by atoms with Gasteiger partial charge in [-0.3, -0.25) is 14.4 Å². The van der Waals surface area contributed by atoms with E-state index in [0.717, 1.165) is 0 Å². The van der Waals surface area contributed by atoms with E-state index < -0.39 is 5.97 Å². The third-order valence-electron chi connectivity index (χ3n) is 4.00. The fraction of sp³-hybridized carbons (Fsp3) is 0.500. The fourth-order valence-corrected chi connectivity index (χ4v) is 3.04. The maximum absolute atomic E-state index is 12.4. The van der Waals surface area contributed by atoms with Gasteiger partial charge in [0.1, 0.15) is 17.6 Å². The van der Waals surface area contributed by atoms with Crippen molar-refractivity contribution in [1.29, 1.82) is 0 Å². The van der Waals surface area contributed by atoms with Crippen molar-refractivity contribution in [2.24, 2.45) is 0 Å². The number of rotatable bonds is 7. The average molecular weight is 350 g/mol. The second-order valence-corrected chi connectivity index (χ2v) is 6.27. The lowest BCUT2D eigenvalue weighted by Gasteiger charge is -2.27. The second kappa shape index (κ2) is 8.00.